The maximum absolute atomic E-state index is 13.2. The zero-order valence-corrected chi connectivity index (χ0v) is 11.3. The van der Waals surface area contributed by atoms with Crippen LogP contribution in [0.2, 0.25) is 0 Å². The molecular formula is C13H9F2N3O2S. The summed E-state index contributed by atoms with van der Waals surface area (Å²) in [5, 5.41) is 7.22. The van der Waals surface area contributed by atoms with E-state index in [2.05, 4.69) is 14.9 Å². The van der Waals surface area contributed by atoms with Gasteiger partial charge in [-0.1, -0.05) is 12.1 Å². The molecule has 0 aliphatic heterocycles. The van der Waals surface area contributed by atoms with Crippen LogP contribution >= 0.6 is 0 Å². The highest BCUT2D eigenvalue weighted by atomic mass is 32.2. The van der Waals surface area contributed by atoms with Crippen molar-refractivity contribution in [2.75, 3.05) is 4.72 Å². The highest BCUT2D eigenvalue weighted by Gasteiger charge is 2.18. The average Bonchev–Trinajstić information content (AvgIpc) is 2.91. The van der Waals surface area contributed by atoms with Gasteiger partial charge in [-0.3, -0.25) is 9.82 Å². The fourth-order valence-electron chi connectivity index (χ4n) is 1.90. The lowest BCUT2D eigenvalue weighted by atomic mass is 10.2. The largest absolute Gasteiger partial charge is 0.277 e. The van der Waals surface area contributed by atoms with Crippen LogP contribution in [0.5, 0.6) is 0 Å². The van der Waals surface area contributed by atoms with Crippen LogP contribution in [0.3, 0.4) is 0 Å². The molecule has 0 radical (unpaired) electrons. The Morgan fingerprint density at radius 2 is 1.90 bits per heavy atom. The van der Waals surface area contributed by atoms with Gasteiger partial charge in [0.05, 0.1) is 22.3 Å². The maximum atomic E-state index is 13.2. The molecule has 108 valence electrons. The van der Waals surface area contributed by atoms with Gasteiger partial charge in [-0.2, -0.15) is 5.10 Å². The quantitative estimate of drug-likeness (QED) is 0.781. The lowest BCUT2D eigenvalue weighted by Crippen LogP contribution is -2.13. The Hall–Kier alpha value is -2.48. The normalized spacial score (nSPS) is 11.7. The van der Waals surface area contributed by atoms with Gasteiger partial charge in [0.1, 0.15) is 0 Å². The molecule has 3 aromatic rings. The van der Waals surface area contributed by atoms with Gasteiger partial charge in [0.25, 0.3) is 10.0 Å². The number of nitrogens with zero attached hydrogens (tertiary/aromatic N) is 1. The first-order valence-electron chi connectivity index (χ1n) is 5.87. The summed E-state index contributed by atoms with van der Waals surface area (Å²) in [6.07, 6.45) is 1.55. The molecule has 0 aliphatic carbocycles. The van der Waals surface area contributed by atoms with Gasteiger partial charge in [0.15, 0.2) is 11.6 Å². The molecule has 0 saturated heterocycles. The van der Waals surface area contributed by atoms with Crippen molar-refractivity contribution in [1.82, 2.24) is 10.2 Å². The number of hydrogen-bond acceptors (Lipinski definition) is 3. The van der Waals surface area contributed by atoms with E-state index in [1.165, 1.54) is 6.07 Å². The average molecular weight is 309 g/mol. The third-order valence-corrected chi connectivity index (χ3v) is 4.29. The number of aromatic nitrogens is 2. The number of aromatic amines is 1. The van der Waals surface area contributed by atoms with E-state index in [0.29, 0.717) is 11.6 Å². The summed E-state index contributed by atoms with van der Waals surface area (Å²) in [5.41, 5.74) is 0.776. The molecule has 21 heavy (non-hydrogen) atoms. The van der Waals surface area contributed by atoms with Gasteiger partial charge in [-0.15, -0.1) is 0 Å². The Balaban J connectivity index is 2.03. The monoisotopic (exact) mass is 309 g/mol. The third-order valence-electron chi connectivity index (χ3n) is 2.92. The SMILES string of the molecule is O=S(=O)(Nc1cccc2cn[nH]c12)c1ccc(F)c(F)c1. The van der Waals surface area contributed by atoms with E-state index >= 15 is 0 Å². The number of hydrogen-bond donors (Lipinski definition) is 2. The first kappa shape index (κ1) is 13.5. The summed E-state index contributed by atoms with van der Waals surface area (Å²) in [4.78, 5) is -0.363. The number of anilines is 1. The van der Waals surface area contributed by atoms with Crippen molar-refractivity contribution in [1.29, 1.82) is 0 Å². The minimum absolute atomic E-state index is 0.273. The lowest BCUT2D eigenvalue weighted by Gasteiger charge is -2.09. The van der Waals surface area contributed by atoms with Crippen molar-refractivity contribution < 1.29 is 17.2 Å². The van der Waals surface area contributed by atoms with Crippen LogP contribution in [0.15, 0.2) is 47.5 Å². The summed E-state index contributed by atoms with van der Waals surface area (Å²) in [7, 11) is -4.03. The Morgan fingerprint density at radius 1 is 1.10 bits per heavy atom. The number of benzene rings is 2. The Kier molecular flexibility index (Phi) is 3.09. The Bertz CT molecular complexity index is 922. The molecule has 0 bridgehead atoms. The number of H-pyrrole nitrogens is 1. The Morgan fingerprint density at radius 3 is 2.67 bits per heavy atom. The molecule has 0 aliphatic rings. The van der Waals surface area contributed by atoms with Crippen LogP contribution in [-0.2, 0) is 10.0 Å². The van der Waals surface area contributed by atoms with Gasteiger partial charge in [0.2, 0.25) is 0 Å². The van der Waals surface area contributed by atoms with Crippen molar-refractivity contribution in [2.24, 2.45) is 0 Å². The molecule has 0 spiro atoms. The predicted octanol–water partition coefficient (Wildman–Crippen LogP) is 2.64. The van der Waals surface area contributed by atoms with Crippen molar-refractivity contribution in [3.05, 3.63) is 54.2 Å². The summed E-state index contributed by atoms with van der Waals surface area (Å²) in [5.74, 6) is -2.33. The van der Waals surface area contributed by atoms with Gasteiger partial charge in [-0.25, -0.2) is 17.2 Å². The minimum Gasteiger partial charge on any atom is -0.277 e. The first-order valence-corrected chi connectivity index (χ1v) is 7.36. The van der Waals surface area contributed by atoms with Crippen LogP contribution < -0.4 is 4.72 Å². The summed E-state index contributed by atoms with van der Waals surface area (Å²) in [6.45, 7) is 0. The van der Waals surface area contributed by atoms with E-state index in [9.17, 15) is 17.2 Å². The molecule has 8 heteroatoms. The van der Waals surface area contributed by atoms with Crippen molar-refractivity contribution in [3.63, 3.8) is 0 Å². The van der Waals surface area contributed by atoms with Gasteiger partial charge in [0, 0.05) is 5.39 Å². The number of para-hydroxylation sites is 1. The molecule has 0 unspecified atom stereocenters. The van der Waals surface area contributed by atoms with Gasteiger partial charge >= 0.3 is 0 Å². The molecule has 2 N–H and O–H groups in total. The number of fused-ring (bicyclic) bond motifs is 1. The number of nitrogens with one attached hydrogen (secondary N) is 2. The van der Waals surface area contributed by atoms with E-state index in [1.807, 2.05) is 0 Å². The fraction of sp³-hybridized carbons (Fsp3) is 0. The summed E-state index contributed by atoms with van der Waals surface area (Å²) >= 11 is 0. The van der Waals surface area contributed by atoms with Crippen LogP contribution in [0.1, 0.15) is 0 Å². The minimum atomic E-state index is -4.03. The van der Waals surface area contributed by atoms with E-state index in [0.717, 1.165) is 17.5 Å². The predicted molar refractivity (Wildman–Crippen MR) is 73.3 cm³/mol. The summed E-state index contributed by atoms with van der Waals surface area (Å²) < 4.78 is 52.8. The molecule has 1 aromatic heterocycles. The van der Waals surface area contributed by atoms with E-state index in [1.54, 1.807) is 18.3 Å². The molecule has 0 amide bonds. The second-order valence-electron chi connectivity index (χ2n) is 4.32. The zero-order chi connectivity index (χ0) is 15.0. The number of halogens is 2. The highest BCUT2D eigenvalue weighted by molar-refractivity contribution is 7.92. The molecule has 0 saturated carbocycles. The molecule has 0 atom stereocenters. The molecule has 2 aromatic carbocycles. The molecular weight excluding hydrogens is 300 g/mol. The zero-order valence-electron chi connectivity index (χ0n) is 10.5. The van der Waals surface area contributed by atoms with Crippen LogP contribution in [-0.4, -0.2) is 18.6 Å². The molecule has 3 rings (SSSR count). The van der Waals surface area contributed by atoms with Crippen LogP contribution in [0.25, 0.3) is 10.9 Å². The van der Waals surface area contributed by atoms with Crippen molar-refractivity contribution in [3.8, 4) is 0 Å². The van der Waals surface area contributed by atoms with E-state index < -0.39 is 21.7 Å². The lowest BCUT2D eigenvalue weighted by molar-refractivity contribution is 0.504. The molecule has 5 nitrogen and oxygen atoms in total. The number of sulfonamides is 1. The topological polar surface area (TPSA) is 74.8 Å². The first-order chi connectivity index (χ1) is 9.97. The summed E-state index contributed by atoms with van der Waals surface area (Å²) in [6, 6.07) is 7.34. The van der Waals surface area contributed by atoms with E-state index in [4.69, 9.17) is 0 Å². The van der Waals surface area contributed by atoms with Crippen LogP contribution in [0, 0.1) is 11.6 Å². The second-order valence-corrected chi connectivity index (χ2v) is 6.00. The Labute approximate surface area is 118 Å². The van der Waals surface area contributed by atoms with Crippen molar-refractivity contribution >= 4 is 26.6 Å². The molecule has 1 heterocycles. The smallest absolute Gasteiger partial charge is 0.262 e. The molecule has 0 fully saturated rings. The fourth-order valence-corrected chi connectivity index (χ4v) is 2.98. The standard InChI is InChI=1S/C13H9F2N3O2S/c14-10-5-4-9(6-11(10)15)21(19,20)18-12-3-1-2-8-7-16-17-13(8)12/h1-7,18H,(H,16,17). The number of rotatable bonds is 3. The van der Waals surface area contributed by atoms with E-state index in [-0.39, 0.29) is 10.6 Å². The maximum Gasteiger partial charge on any atom is 0.262 e. The van der Waals surface area contributed by atoms with Gasteiger partial charge < -0.3 is 0 Å². The van der Waals surface area contributed by atoms with Crippen LogP contribution in [0.4, 0.5) is 14.5 Å². The van der Waals surface area contributed by atoms with Gasteiger partial charge in [-0.05, 0) is 24.3 Å². The van der Waals surface area contributed by atoms with Crippen molar-refractivity contribution in [2.45, 2.75) is 4.90 Å². The second kappa shape index (κ2) is 4.81. The highest BCUT2D eigenvalue weighted by Crippen LogP contribution is 2.24. The third kappa shape index (κ3) is 2.45.